The first-order chi connectivity index (χ1) is 11.9. The fourth-order valence-electron chi connectivity index (χ4n) is 2.13. The Bertz CT molecular complexity index is 1060. The van der Waals surface area contributed by atoms with Crippen LogP contribution in [0.15, 0.2) is 66.7 Å². The predicted molar refractivity (Wildman–Crippen MR) is 84.7 cm³/mol. The number of nitrogens with zero attached hydrogens (tertiary/aromatic N) is 4. The summed E-state index contributed by atoms with van der Waals surface area (Å²) in [5, 5.41) is 3.44. The summed E-state index contributed by atoms with van der Waals surface area (Å²) in [4.78, 5) is 18.4. The molecule has 0 N–H and O–H groups in total. The molecular weight excluding hydrogens is 357 g/mol. The highest BCUT2D eigenvalue weighted by Gasteiger charge is 2.33. The predicted octanol–water partition coefficient (Wildman–Crippen LogP) is 5.30. The lowest BCUT2D eigenvalue weighted by Gasteiger charge is -2.12. The second-order valence-corrected chi connectivity index (χ2v) is 5.76. The second kappa shape index (κ2) is 6.50. The van der Waals surface area contributed by atoms with Gasteiger partial charge >= 0.3 is 11.8 Å². The molecule has 0 unspecified atom stereocenters. The SMILES string of the molecule is [N-]=[N+]=Nc1c(Sc2ccccc2C(F)(F)F)c(=O)oc2cccnc12. The zero-order chi connectivity index (χ0) is 18.0. The molecule has 0 radical (unpaired) electrons. The number of rotatable bonds is 3. The largest absolute Gasteiger partial charge is 0.420 e. The van der Waals surface area contributed by atoms with Gasteiger partial charge in [0.1, 0.15) is 10.4 Å². The van der Waals surface area contributed by atoms with E-state index < -0.39 is 17.4 Å². The lowest BCUT2D eigenvalue weighted by molar-refractivity contribution is -0.139. The van der Waals surface area contributed by atoms with Gasteiger partial charge in [-0.15, -0.1) is 0 Å². The minimum atomic E-state index is -4.60. The summed E-state index contributed by atoms with van der Waals surface area (Å²) in [6, 6.07) is 7.72. The highest BCUT2D eigenvalue weighted by atomic mass is 32.2. The van der Waals surface area contributed by atoms with Crippen molar-refractivity contribution in [2.45, 2.75) is 16.0 Å². The number of hydrogen-bond donors (Lipinski definition) is 0. The van der Waals surface area contributed by atoms with E-state index in [0.717, 1.165) is 6.07 Å². The Kier molecular flexibility index (Phi) is 4.39. The third-order valence-corrected chi connectivity index (χ3v) is 4.29. The van der Waals surface area contributed by atoms with Crippen LogP contribution in [0.2, 0.25) is 0 Å². The van der Waals surface area contributed by atoms with E-state index in [9.17, 15) is 18.0 Å². The van der Waals surface area contributed by atoms with Crippen LogP contribution in [-0.4, -0.2) is 4.98 Å². The highest BCUT2D eigenvalue weighted by Crippen LogP contribution is 2.42. The molecule has 0 aliphatic heterocycles. The highest BCUT2D eigenvalue weighted by molar-refractivity contribution is 7.99. The smallest absolute Gasteiger partial charge is 0.417 e. The number of hydrogen-bond acceptors (Lipinski definition) is 5. The van der Waals surface area contributed by atoms with Crippen molar-refractivity contribution in [1.82, 2.24) is 4.98 Å². The van der Waals surface area contributed by atoms with Crippen molar-refractivity contribution in [2.75, 3.05) is 0 Å². The number of fused-ring (bicyclic) bond motifs is 1. The van der Waals surface area contributed by atoms with Gasteiger partial charge in [0.25, 0.3) is 0 Å². The van der Waals surface area contributed by atoms with Gasteiger partial charge in [-0.1, -0.05) is 29.0 Å². The van der Waals surface area contributed by atoms with Crippen molar-refractivity contribution >= 4 is 28.5 Å². The van der Waals surface area contributed by atoms with E-state index in [1.807, 2.05) is 0 Å². The lowest BCUT2D eigenvalue weighted by atomic mass is 10.2. The Morgan fingerprint density at radius 1 is 1.20 bits per heavy atom. The summed E-state index contributed by atoms with van der Waals surface area (Å²) in [5.74, 6) is 0. The van der Waals surface area contributed by atoms with E-state index in [1.165, 1.54) is 36.5 Å². The molecule has 2 aromatic heterocycles. The first-order valence-corrected chi connectivity index (χ1v) is 7.54. The van der Waals surface area contributed by atoms with E-state index in [0.29, 0.717) is 11.8 Å². The normalized spacial score (nSPS) is 11.3. The monoisotopic (exact) mass is 364 g/mol. The van der Waals surface area contributed by atoms with Crippen molar-refractivity contribution in [2.24, 2.45) is 5.11 Å². The second-order valence-electron chi connectivity index (χ2n) is 4.70. The number of halogens is 3. The topological polar surface area (TPSA) is 91.9 Å². The summed E-state index contributed by atoms with van der Waals surface area (Å²) in [6.45, 7) is 0. The van der Waals surface area contributed by atoms with Crippen LogP contribution < -0.4 is 5.63 Å². The Labute approximate surface area is 141 Å². The quantitative estimate of drug-likeness (QED) is 0.358. The van der Waals surface area contributed by atoms with Gasteiger partial charge < -0.3 is 4.42 Å². The van der Waals surface area contributed by atoms with Gasteiger partial charge in [-0.05, 0) is 29.8 Å². The average molecular weight is 364 g/mol. The molecule has 126 valence electrons. The number of pyridine rings is 1. The van der Waals surface area contributed by atoms with Crippen molar-refractivity contribution in [3.8, 4) is 0 Å². The van der Waals surface area contributed by atoms with Crippen LogP contribution in [0, 0.1) is 0 Å². The molecule has 0 saturated carbocycles. The third-order valence-electron chi connectivity index (χ3n) is 3.15. The first kappa shape index (κ1) is 16.9. The first-order valence-electron chi connectivity index (χ1n) is 6.73. The molecule has 0 aliphatic carbocycles. The van der Waals surface area contributed by atoms with Crippen LogP contribution in [0.25, 0.3) is 21.5 Å². The van der Waals surface area contributed by atoms with E-state index in [4.69, 9.17) is 9.95 Å². The van der Waals surface area contributed by atoms with Crippen LogP contribution in [0.1, 0.15) is 5.56 Å². The van der Waals surface area contributed by atoms with Crippen LogP contribution >= 0.6 is 11.8 Å². The summed E-state index contributed by atoms with van der Waals surface area (Å²) in [5.41, 5.74) is 6.92. The number of alkyl halides is 3. The maximum atomic E-state index is 13.1. The molecule has 10 heteroatoms. The molecule has 2 heterocycles. The molecule has 0 spiro atoms. The Hall–Kier alpha value is -2.97. The van der Waals surface area contributed by atoms with Gasteiger partial charge in [-0.3, -0.25) is 4.98 Å². The molecule has 3 aromatic rings. The minimum Gasteiger partial charge on any atom is -0.420 e. The van der Waals surface area contributed by atoms with Crippen LogP contribution in [0.4, 0.5) is 18.9 Å². The maximum absolute atomic E-state index is 13.1. The fraction of sp³-hybridized carbons (Fsp3) is 0.0667. The molecule has 25 heavy (non-hydrogen) atoms. The van der Waals surface area contributed by atoms with Crippen LogP contribution in [0.3, 0.4) is 0 Å². The van der Waals surface area contributed by atoms with Crippen molar-refractivity contribution < 1.29 is 17.6 Å². The fourth-order valence-corrected chi connectivity index (χ4v) is 3.15. The van der Waals surface area contributed by atoms with Crippen molar-refractivity contribution in [1.29, 1.82) is 0 Å². The molecule has 0 amide bonds. The van der Waals surface area contributed by atoms with E-state index in [2.05, 4.69) is 15.0 Å². The summed E-state index contributed by atoms with van der Waals surface area (Å²) in [7, 11) is 0. The van der Waals surface area contributed by atoms with Crippen LogP contribution in [-0.2, 0) is 6.18 Å². The third kappa shape index (κ3) is 3.30. The Morgan fingerprint density at radius 2 is 1.96 bits per heavy atom. The van der Waals surface area contributed by atoms with Crippen molar-refractivity contribution in [3.63, 3.8) is 0 Å². The number of aromatic nitrogens is 1. The Morgan fingerprint density at radius 3 is 2.68 bits per heavy atom. The van der Waals surface area contributed by atoms with E-state index in [-0.39, 0.29) is 26.6 Å². The molecule has 0 aliphatic rings. The lowest BCUT2D eigenvalue weighted by Crippen LogP contribution is -2.08. The molecule has 0 bridgehead atoms. The van der Waals surface area contributed by atoms with Gasteiger partial charge in [0.2, 0.25) is 0 Å². The molecule has 6 nitrogen and oxygen atoms in total. The van der Waals surface area contributed by atoms with Gasteiger partial charge in [0.05, 0.1) is 11.3 Å². The molecule has 3 rings (SSSR count). The summed E-state index contributed by atoms with van der Waals surface area (Å²) >= 11 is 0.518. The molecular formula is C15H7F3N4O2S. The molecule has 1 aromatic carbocycles. The van der Waals surface area contributed by atoms with Crippen molar-refractivity contribution in [3.05, 3.63) is 69.0 Å². The summed E-state index contributed by atoms with van der Waals surface area (Å²) in [6.07, 6.45) is -3.21. The Balaban J connectivity index is 2.24. The van der Waals surface area contributed by atoms with Gasteiger partial charge in [-0.2, -0.15) is 13.2 Å². The number of azide groups is 1. The zero-order valence-corrected chi connectivity index (χ0v) is 13.0. The number of benzene rings is 1. The average Bonchev–Trinajstić information content (AvgIpc) is 2.57. The zero-order valence-electron chi connectivity index (χ0n) is 12.2. The van der Waals surface area contributed by atoms with E-state index >= 15 is 0 Å². The van der Waals surface area contributed by atoms with Gasteiger partial charge in [-0.25, -0.2) is 4.79 Å². The molecule has 0 fully saturated rings. The molecule has 0 saturated heterocycles. The van der Waals surface area contributed by atoms with Crippen LogP contribution in [0.5, 0.6) is 0 Å². The molecule has 0 atom stereocenters. The minimum absolute atomic E-state index is 0.0726. The summed E-state index contributed by atoms with van der Waals surface area (Å²) < 4.78 is 44.5. The van der Waals surface area contributed by atoms with E-state index in [1.54, 1.807) is 0 Å². The van der Waals surface area contributed by atoms with Gasteiger partial charge in [0, 0.05) is 16.0 Å². The standard InChI is InChI=1S/C15H7F3N4O2S/c16-15(17,18)8-4-1-2-6-10(8)25-13-12(21-22-19)11-9(24-14(13)23)5-3-7-20-11/h1-7H. The van der Waals surface area contributed by atoms with Gasteiger partial charge in [0.15, 0.2) is 5.58 Å². The maximum Gasteiger partial charge on any atom is 0.417 e.